The van der Waals surface area contributed by atoms with E-state index in [0.717, 1.165) is 33.3 Å². The highest BCUT2D eigenvalue weighted by molar-refractivity contribution is 6.37. The van der Waals surface area contributed by atoms with Crippen molar-refractivity contribution in [3.8, 4) is 11.1 Å². The molecule has 0 aliphatic carbocycles. The summed E-state index contributed by atoms with van der Waals surface area (Å²) in [5.41, 5.74) is 5.21. The Morgan fingerprint density at radius 2 is 2.00 bits per heavy atom. The standard InChI is InChI=1S/C24H24ClN5O2/c1-4-20(31)29-9-10-30-15(13-29)12-28(3)23-17(24(30)32)7-6-16(22(23)25)21-14(2)5-8-19-18(21)11-26-27-19/h4-8,11,15H,1,9-10,12-13H2,2-3H3,(H,26,27)/t15-/m0/s1. The molecule has 5 rings (SSSR count). The van der Waals surface area contributed by atoms with E-state index in [0.29, 0.717) is 36.8 Å². The van der Waals surface area contributed by atoms with Crippen molar-refractivity contribution in [1.82, 2.24) is 20.0 Å². The van der Waals surface area contributed by atoms with Gasteiger partial charge in [-0.25, -0.2) is 0 Å². The van der Waals surface area contributed by atoms with Gasteiger partial charge in [-0.15, -0.1) is 0 Å². The fourth-order valence-electron chi connectivity index (χ4n) is 4.96. The fourth-order valence-corrected chi connectivity index (χ4v) is 5.36. The van der Waals surface area contributed by atoms with Crippen molar-refractivity contribution in [1.29, 1.82) is 0 Å². The number of carbonyl (C=O) groups excluding carboxylic acids is 2. The number of hydrogen-bond acceptors (Lipinski definition) is 4. The number of carbonyl (C=O) groups is 2. The highest BCUT2D eigenvalue weighted by Gasteiger charge is 2.38. The highest BCUT2D eigenvalue weighted by atomic mass is 35.5. The lowest BCUT2D eigenvalue weighted by molar-refractivity contribution is -0.128. The molecule has 164 valence electrons. The SMILES string of the molecule is C=CC(=O)N1CCN2C(=O)c3ccc(-c4c(C)ccc5[nH]ncc45)c(Cl)c3N(C)C[C@H]2C1. The lowest BCUT2D eigenvalue weighted by Gasteiger charge is -2.40. The Hall–Kier alpha value is -3.32. The van der Waals surface area contributed by atoms with E-state index in [1.165, 1.54) is 6.08 Å². The van der Waals surface area contributed by atoms with Crippen LogP contribution in [0, 0.1) is 6.92 Å². The van der Waals surface area contributed by atoms with E-state index in [1.54, 1.807) is 11.1 Å². The Balaban J connectivity index is 1.60. The maximum atomic E-state index is 13.5. The van der Waals surface area contributed by atoms with E-state index in [2.05, 4.69) is 16.8 Å². The van der Waals surface area contributed by atoms with E-state index >= 15 is 0 Å². The maximum Gasteiger partial charge on any atom is 0.256 e. The van der Waals surface area contributed by atoms with Gasteiger partial charge in [-0.2, -0.15) is 5.10 Å². The van der Waals surface area contributed by atoms with Crippen LogP contribution < -0.4 is 4.90 Å². The lowest BCUT2D eigenvalue weighted by atomic mass is 9.95. The summed E-state index contributed by atoms with van der Waals surface area (Å²) in [6.45, 7) is 7.68. The zero-order valence-electron chi connectivity index (χ0n) is 18.1. The molecule has 1 fully saturated rings. The molecule has 2 aliphatic heterocycles. The van der Waals surface area contributed by atoms with Crippen LogP contribution in [0.2, 0.25) is 5.02 Å². The minimum atomic E-state index is -0.115. The van der Waals surface area contributed by atoms with Gasteiger partial charge in [0.15, 0.2) is 0 Å². The normalized spacial score (nSPS) is 18.4. The molecule has 3 aromatic rings. The number of aromatic amines is 1. The zero-order valence-corrected chi connectivity index (χ0v) is 18.8. The summed E-state index contributed by atoms with van der Waals surface area (Å²) < 4.78 is 0. The molecule has 0 bridgehead atoms. The molecule has 3 heterocycles. The molecule has 0 spiro atoms. The smallest absolute Gasteiger partial charge is 0.256 e. The molecule has 2 aliphatic rings. The third-order valence-electron chi connectivity index (χ3n) is 6.54. The molecule has 32 heavy (non-hydrogen) atoms. The van der Waals surface area contributed by atoms with Crippen LogP contribution in [-0.4, -0.2) is 71.1 Å². The zero-order chi connectivity index (χ0) is 22.6. The number of H-pyrrole nitrogens is 1. The van der Waals surface area contributed by atoms with Gasteiger partial charge in [-0.1, -0.05) is 30.3 Å². The third kappa shape index (κ3) is 3.07. The summed E-state index contributed by atoms with van der Waals surface area (Å²) in [6, 6.07) is 7.73. The second-order valence-corrected chi connectivity index (χ2v) is 8.81. The number of halogens is 1. The van der Waals surface area contributed by atoms with Crippen molar-refractivity contribution in [2.24, 2.45) is 0 Å². The van der Waals surface area contributed by atoms with Crippen molar-refractivity contribution >= 4 is 40.0 Å². The fraction of sp³-hybridized carbons (Fsp3) is 0.292. The first-order valence-electron chi connectivity index (χ1n) is 10.6. The monoisotopic (exact) mass is 449 g/mol. The van der Waals surface area contributed by atoms with Crippen molar-refractivity contribution in [3.05, 3.63) is 59.3 Å². The average Bonchev–Trinajstić information content (AvgIpc) is 3.23. The lowest BCUT2D eigenvalue weighted by Crippen LogP contribution is -2.58. The number of aryl methyl sites for hydroxylation is 1. The molecule has 0 unspecified atom stereocenters. The van der Waals surface area contributed by atoms with E-state index in [-0.39, 0.29) is 17.9 Å². The van der Waals surface area contributed by atoms with Crippen molar-refractivity contribution in [2.45, 2.75) is 13.0 Å². The van der Waals surface area contributed by atoms with Crippen LogP contribution in [0.15, 0.2) is 43.1 Å². The molecule has 1 N–H and O–H groups in total. The van der Waals surface area contributed by atoms with Gasteiger partial charge in [0.05, 0.1) is 34.0 Å². The Labute approximate surface area is 191 Å². The third-order valence-corrected chi connectivity index (χ3v) is 6.93. The molecule has 2 aromatic carbocycles. The molecule has 0 radical (unpaired) electrons. The largest absolute Gasteiger partial charge is 0.371 e. The number of rotatable bonds is 2. The van der Waals surface area contributed by atoms with Crippen molar-refractivity contribution in [2.75, 3.05) is 38.1 Å². The van der Waals surface area contributed by atoms with Crippen LogP contribution in [0.5, 0.6) is 0 Å². The molecule has 2 amide bonds. The number of nitrogens with one attached hydrogen (secondary N) is 1. The van der Waals surface area contributed by atoms with Crippen LogP contribution >= 0.6 is 11.6 Å². The highest BCUT2D eigenvalue weighted by Crippen LogP contribution is 2.43. The Kier molecular flexibility index (Phi) is 4.93. The second kappa shape index (κ2) is 7.67. The second-order valence-electron chi connectivity index (χ2n) is 8.43. The first-order chi connectivity index (χ1) is 15.4. The van der Waals surface area contributed by atoms with Gasteiger partial charge in [0.1, 0.15) is 0 Å². The van der Waals surface area contributed by atoms with Crippen molar-refractivity contribution < 1.29 is 9.59 Å². The number of aromatic nitrogens is 2. The van der Waals surface area contributed by atoms with Gasteiger partial charge < -0.3 is 14.7 Å². The molecule has 1 atom stereocenters. The molecular weight excluding hydrogens is 426 g/mol. The number of fused-ring (bicyclic) bond motifs is 3. The van der Waals surface area contributed by atoms with Gasteiger partial charge in [0.2, 0.25) is 5.91 Å². The number of likely N-dealkylation sites (N-methyl/N-ethyl adjacent to an activating group) is 1. The number of amides is 2. The Morgan fingerprint density at radius 3 is 2.78 bits per heavy atom. The summed E-state index contributed by atoms with van der Waals surface area (Å²) >= 11 is 7.01. The van der Waals surface area contributed by atoms with E-state index in [9.17, 15) is 9.59 Å². The topological polar surface area (TPSA) is 72.5 Å². The van der Waals surface area contributed by atoms with Gasteiger partial charge >= 0.3 is 0 Å². The van der Waals surface area contributed by atoms with E-state index < -0.39 is 0 Å². The van der Waals surface area contributed by atoms with Gasteiger partial charge in [0.25, 0.3) is 5.91 Å². The van der Waals surface area contributed by atoms with Crippen LogP contribution in [0.25, 0.3) is 22.0 Å². The first kappa shape index (κ1) is 20.6. The van der Waals surface area contributed by atoms with E-state index in [1.807, 2.05) is 48.0 Å². The Morgan fingerprint density at radius 1 is 1.22 bits per heavy atom. The summed E-state index contributed by atoms with van der Waals surface area (Å²) in [6.07, 6.45) is 3.13. The maximum absolute atomic E-state index is 13.5. The number of hydrogen-bond donors (Lipinski definition) is 1. The van der Waals surface area contributed by atoms with Gasteiger partial charge in [0, 0.05) is 44.2 Å². The average molecular weight is 450 g/mol. The molecule has 7 nitrogen and oxygen atoms in total. The molecule has 1 saturated heterocycles. The first-order valence-corrected chi connectivity index (χ1v) is 11.0. The van der Waals surface area contributed by atoms with Crippen LogP contribution in [0.1, 0.15) is 15.9 Å². The molecule has 8 heteroatoms. The van der Waals surface area contributed by atoms with Crippen LogP contribution in [0.3, 0.4) is 0 Å². The Bertz CT molecular complexity index is 1270. The minimum Gasteiger partial charge on any atom is -0.371 e. The minimum absolute atomic E-state index is 0.0493. The summed E-state index contributed by atoms with van der Waals surface area (Å²) in [7, 11) is 1.95. The molecule has 1 aromatic heterocycles. The van der Waals surface area contributed by atoms with Crippen molar-refractivity contribution in [3.63, 3.8) is 0 Å². The van der Waals surface area contributed by atoms with Crippen LogP contribution in [-0.2, 0) is 4.79 Å². The van der Waals surface area contributed by atoms with E-state index in [4.69, 9.17) is 11.6 Å². The van der Waals surface area contributed by atoms with Crippen LogP contribution in [0.4, 0.5) is 5.69 Å². The predicted molar refractivity (Wildman–Crippen MR) is 126 cm³/mol. The predicted octanol–water partition coefficient (Wildman–Crippen LogP) is 3.48. The summed E-state index contributed by atoms with van der Waals surface area (Å²) in [5, 5.41) is 8.74. The summed E-state index contributed by atoms with van der Waals surface area (Å²) in [5.74, 6) is -0.155. The summed E-state index contributed by atoms with van der Waals surface area (Å²) in [4.78, 5) is 31.3. The van der Waals surface area contributed by atoms with Gasteiger partial charge in [-0.05, 0) is 36.3 Å². The number of anilines is 1. The number of nitrogens with zero attached hydrogens (tertiary/aromatic N) is 4. The molecule has 0 saturated carbocycles. The number of benzene rings is 2. The van der Waals surface area contributed by atoms with Gasteiger partial charge in [-0.3, -0.25) is 14.7 Å². The number of piperazine rings is 1. The molecular formula is C24H24ClN5O2. The quantitative estimate of drug-likeness (QED) is 0.608.